The molecule has 24 heavy (non-hydrogen) atoms. The lowest BCUT2D eigenvalue weighted by Crippen LogP contribution is -2.40. The molecule has 2 aromatic heterocycles. The minimum atomic E-state index is -3.00. The standard InChI is InChI=1S/C16H18BrN3O3S/c1-24(22,23)12-5-3-11(4-6-12)19-16(21)14-7-2-10-8-18-9-13(17)15(10)20-14/h2,7-9,11-12H,3-6H2,1H3,(H,19,21). The van der Waals surface area contributed by atoms with Crippen LogP contribution in [0.4, 0.5) is 0 Å². The van der Waals surface area contributed by atoms with Gasteiger partial charge in [0.2, 0.25) is 0 Å². The average Bonchev–Trinajstić information content (AvgIpc) is 2.54. The Morgan fingerprint density at radius 2 is 1.92 bits per heavy atom. The third-order valence-electron chi connectivity index (χ3n) is 4.40. The summed E-state index contributed by atoms with van der Waals surface area (Å²) < 4.78 is 23.9. The van der Waals surface area contributed by atoms with E-state index in [4.69, 9.17) is 0 Å². The smallest absolute Gasteiger partial charge is 0.270 e. The van der Waals surface area contributed by atoms with E-state index in [2.05, 4.69) is 31.2 Å². The second-order valence-corrected chi connectivity index (χ2v) is 9.35. The number of pyridine rings is 2. The Hall–Kier alpha value is -1.54. The molecule has 3 rings (SSSR count). The highest BCUT2D eigenvalue weighted by Crippen LogP contribution is 2.24. The SMILES string of the molecule is CS(=O)(=O)C1CCC(NC(=O)c2ccc3cncc(Br)c3n2)CC1. The number of carbonyl (C=O) groups excluding carboxylic acids is 1. The van der Waals surface area contributed by atoms with Gasteiger partial charge in [0, 0.05) is 30.1 Å². The van der Waals surface area contributed by atoms with Crippen LogP contribution < -0.4 is 5.32 Å². The Kier molecular flexibility index (Phi) is 4.87. The zero-order chi connectivity index (χ0) is 17.3. The summed E-state index contributed by atoms with van der Waals surface area (Å²) in [4.78, 5) is 20.9. The summed E-state index contributed by atoms with van der Waals surface area (Å²) in [5, 5.41) is 3.54. The molecule has 1 amide bonds. The Bertz CT molecular complexity index is 877. The second kappa shape index (κ2) is 6.76. The van der Waals surface area contributed by atoms with E-state index >= 15 is 0 Å². The molecule has 1 fully saturated rings. The second-order valence-electron chi connectivity index (χ2n) is 6.17. The summed E-state index contributed by atoms with van der Waals surface area (Å²) in [6, 6.07) is 3.48. The van der Waals surface area contributed by atoms with Gasteiger partial charge in [0.1, 0.15) is 15.5 Å². The van der Waals surface area contributed by atoms with Crippen LogP contribution in [0.5, 0.6) is 0 Å². The van der Waals surface area contributed by atoms with E-state index in [0.29, 0.717) is 36.9 Å². The Labute approximate surface area is 149 Å². The zero-order valence-electron chi connectivity index (χ0n) is 13.2. The molecule has 0 aromatic carbocycles. The van der Waals surface area contributed by atoms with Gasteiger partial charge in [0.05, 0.1) is 15.2 Å². The van der Waals surface area contributed by atoms with Crippen molar-refractivity contribution in [1.82, 2.24) is 15.3 Å². The highest BCUT2D eigenvalue weighted by molar-refractivity contribution is 9.10. The molecule has 1 N–H and O–H groups in total. The van der Waals surface area contributed by atoms with Gasteiger partial charge in [-0.2, -0.15) is 0 Å². The van der Waals surface area contributed by atoms with Crippen molar-refractivity contribution in [2.24, 2.45) is 0 Å². The van der Waals surface area contributed by atoms with E-state index in [0.717, 1.165) is 9.86 Å². The van der Waals surface area contributed by atoms with E-state index in [-0.39, 0.29) is 17.2 Å². The van der Waals surface area contributed by atoms with Crippen molar-refractivity contribution in [2.75, 3.05) is 6.26 Å². The molecule has 8 heteroatoms. The highest BCUT2D eigenvalue weighted by atomic mass is 79.9. The molecule has 128 valence electrons. The van der Waals surface area contributed by atoms with Crippen molar-refractivity contribution < 1.29 is 13.2 Å². The molecule has 0 bridgehead atoms. The molecule has 1 saturated carbocycles. The van der Waals surface area contributed by atoms with Crippen molar-refractivity contribution in [1.29, 1.82) is 0 Å². The Morgan fingerprint density at radius 3 is 2.58 bits per heavy atom. The van der Waals surface area contributed by atoms with Crippen LogP contribution in [0.1, 0.15) is 36.2 Å². The molecule has 6 nitrogen and oxygen atoms in total. The predicted molar refractivity (Wildman–Crippen MR) is 95.6 cm³/mol. The van der Waals surface area contributed by atoms with Crippen LogP contribution in [0, 0.1) is 0 Å². The predicted octanol–water partition coefficient (Wildman–Crippen LogP) is 2.48. The fraction of sp³-hybridized carbons (Fsp3) is 0.438. The largest absolute Gasteiger partial charge is 0.348 e. The van der Waals surface area contributed by atoms with Crippen LogP contribution in [0.25, 0.3) is 10.9 Å². The quantitative estimate of drug-likeness (QED) is 0.837. The number of nitrogens with one attached hydrogen (secondary N) is 1. The maximum Gasteiger partial charge on any atom is 0.270 e. The van der Waals surface area contributed by atoms with Gasteiger partial charge < -0.3 is 5.32 Å². The Balaban J connectivity index is 1.69. The molecular formula is C16H18BrN3O3S. The van der Waals surface area contributed by atoms with Gasteiger partial charge in [-0.05, 0) is 53.7 Å². The van der Waals surface area contributed by atoms with Crippen molar-refractivity contribution in [3.05, 3.63) is 34.7 Å². The third-order valence-corrected chi connectivity index (χ3v) is 6.66. The molecule has 0 aliphatic heterocycles. The van der Waals surface area contributed by atoms with Crippen molar-refractivity contribution >= 4 is 42.6 Å². The third kappa shape index (κ3) is 3.75. The first kappa shape index (κ1) is 17.3. The number of amides is 1. The van der Waals surface area contributed by atoms with Gasteiger partial charge in [-0.1, -0.05) is 0 Å². The number of hydrogen-bond donors (Lipinski definition) is 1. The first-order valence-electron chi connectivity index (χ1n) is 7.74. The van der Waals surface area contributed by atoms with Crippen LogP contribution in [0.2, 0.25) is 0 Å². The fourth-order valence-electron chi connectivity index (χ4n) is 3.03. The number of aromatic nitrogens is 2. The molecule has 0 unspecified atom stereocenters. The van der Waals surface area contributed by atoms with Crippen LogP contribution in [0.15, 0.2) is 29.0 Å². The molecule has 0 radical (unpaired) electrons. The minimum absolute atomic E-state index is 0.00567. The fourth-order valence-corrected chi connectivity index (χ4v) is 4.59. The van der Waals surface area contributed by atoms with Gasteiger partial charge in [0.25, 0.3) is 5.91 Å². The summed E-state index contributed by atoms with van der Waals surface area (Å²) in [7, 11) is -3.00. The van der Waals surface area contributed by atoms with Crippen LogP contribution in [-0.4, -0.2) is 41.8 Å². The van der Waals surface area contributed by atoms with Gasteiger partial charge in [-0.25, -0.2) is 13.4 Å². The van der Waals surface area contributed by atoms with Crippen LogP contribution >= 0.6 is 15.9 Å². The number of nitrogens with zero attached hydrogens (tertiary/aromatic N) is 2. The van der Waals surface area contributed by atoms with E-state index in [1.54, 1.807) is 18.5 Å². The van der Waals surface area contributed by atoms with E-state index < -0.39 is 9.84 Å². The summed E-state index contributed by atoms with van der Waals surface area (Å²) in [6.07, 6.45) is 7.14. The first-order valence-corrected chi connectivity index (χ1v) is 10.5. The monoisotopic (exact) mass is 411 g/mol. The molecule has 2 aromatic rings. The van der Waals surface area contributed by atoms with Gasteiger partial charge in [-0.15, -0.1) is 0 Å². The molecule has 0 saturated heterocycles. The van der Waals surface area contributed by atoms with E-state index in [1.807, 2.05) is 6.07 Å². The highest BCUT2D eigenvalue weighted by Gasteiger charge is 2.28. The summed E-state index contributed by atoms with van der Waals surface area (Å²) in [6.45, 7) is 0. The van der Waals surface area contributed by atoms with Crippen LogP contribution in [0.3, 0.4) is 0 Å². The lowest BCUT2D eigenvalue weighted by Gasteiger charge is -2.27. The first-order chi connectivity index (χ1) is 11.3. The Morgan fingerprint density at radius 1 is 1.21 bits per heavy atom. The summed E-state index contributed by atoms with van der Waals surface area (Å²) in [5.41, 5.74) is 1.04. The molecule has 1 aliphatic rings. The topological polar surface area (TPSA) is 89.0 Å². The molecule has 2 heterocycles. The van der Waals surface area contributed by atoms with E-state index in [1.165, 1.54) is 6.26 Å². The normalized spacial score (nSPS) is 21.6. The molecular weight excluding hydrogens is 394 g/mol. The molecule has 0 spiro atoms. The summed E-state index contributed by atoms with van der Waals surface area (Å²) in [5.74, 6) is -0.233. The van der Waals surface area contributed by atoms with Crippen LogP contribution in [-0.2, 0) is 9.84 Å². The van der Waals surface area contributed by atoms with Crippen molar-refractivity contribution in [3.8, 4) is 0 Å². The number of halogens is 1. The van der Waals surface area contributed by atoms with Crippen molar-refractivity contribution in [3.63, 3.8) is 0 Å². The average molecular weight is 412 g/mol. The summed E-state index contributed by atoms with van der Waals surface area (Å²) >= 11 is 3.39. The minimum Gasteiger partial charge on any atom is -0.348 e. The van der Waals surface area contributed by atoms with E-state index in [9.17, 15) is 13.2 Å². The number of carbonyl (C=O) groups is 1. The number of sulfone groups is 1. The molecule has 1 aliphatic carbocycles. The lowest BCUT2D eigenvalue weighted by molar-refractivity contribution is 0.0923. The maximum atomic E-state index is 12.4. The zero-order valence-corrected chi connectivity index (χ0v) is 15.6. The number of rotatable bonds is 3. The number of fused-ring (bicyclic) bond motifs is 1. The van der Waals surface area contributed by atoms with Gasteiger partial charge >= 0.3 is 0 Å². The van der Waals surface area contributed by atoms with Crippen molar-refractivity contribution in [2.45, 2.75) is 37.0 Å². The molecule has 0 atom stereocenters. The van der Waals surface area contributed by atoms with Gasteiger partial charge in [0.15, 0.2) is 0 Å². The number of hydrogen-bond acceptors (Lipinski definition) is 5. The maximum absolute atomic E-state index is 12.4. The lowest BCUT2D eigenvalue weighted by atomic mass is 9.95. The van der Waals surface area contributed by atoms with Gasteiger partial charge in [-0.3, -0.25) is 9.78 Å².